The van der Waals surface area contributed by atoms with Crippen LogP contribution in [0.3, 0.4) is 0 Å². The second kappa shape index (κ2) is 10.3. The first-order chi connectivity index (χ1) is 14.4. The van der Waals surface area contributed by atoms with Crippen molar-refractivity contribution < 1.29 is 14.3 Å². The number of hydrogen-bond acceptors (Lipinski definition) is 4. The summed E-state index contributed by atoms with van der Waals surface area (Å²) >= 11 is 0. The number of fused-ring (bicyclic) bond motifs is 1. The van der Waals surface area contributed by atoms with E-state index in [0.29, 0.717) is 39.3 Å². The number of hydrogen-bond donors (Lipinski definition) is 0. The van der Waals surface area contributed by atoms with E-state index in [1.165, 1.54) is 5.56 Å². The van der Waals surface area contributed by atoms with Gasteiger partial charge < -0.3 is 19.4 Å². The Morgan fingerprint density at radius 3 is 2.53 bits per heavy atom. The fourth-order valence-electron chi connectivity index (χ4n) is 3.61. The highest BCUT2D eigenvalue weighted by Crippen LogP contribution is 2.25. The van der Waals surface area contributed by atoms with Gasteiger partial charge in [-0.25, -0.2) is 0 Å². The number of ether oxygens (including phenoxy) is 1. The lowest BCUT2D eigenvalue weighted by Gasteiger charge is -2.23. The molecule has 2 amide bonds. The summed E-state index contributed by atoms with van der Waals surface area (Å²) in [5.74, 6) is 0.965. The van der Waals surface area contributed by atoms with Gasteiger partial charge in [-0.1, -0.05) is 36.4 Å². The van der Waals surface area contributed by atoms with Crippen LogP contribution in [0.1, 0.15) is 23.6 Å². The van der Waals surface area contributed by atoms with Crippen molar-refractivity contribution in [1.82, 2.24) is 14.7 Å². The third kappa shape index (κ3) is 6.07. The molecule has 0 aliphatic carbocycles. The van der Waals surface area contributed by atoms with Gasteiger partial charge in [0.2, 0.25) is 11.8 Å². The van der Waals surface area contributed by atoms with Crippen molar-refractivity contribution in [3.8, 4) is 5.75 Å². The highest BCUT2D eigenvalue weighted by molar-refractivity contribution is 5.78. The van der Waals surface area contributed by atoms with Crippen LogP contribution in [0.25, 0.3) is 0 Å². The SMILES string of the molecule is CC(=O)N(CCc1ccccc1)Cc1ccc2c(c1)CN(C(=O)CN(C)C)CCO2. The highest BCUT2D eigenvalue weighted by atomic mass is 16.5. The summed E-state index contributed by atoms with van der Waals surface area (Å²) in [5.41, 5.74) is 3.25. The van der Waals surface area contributed by atoms with Gasteiger partial charge in [0.05, 0.1) is 13.1 Å². The number of nitrogens with zero attached hydrogens (tertiary/aromatic N) is 3. The Labute approximate surface area is 179 Å². The van der Waals surface area contributed by atoms with Crippen molar-refractivity contribution in [2.45, 2.75) is 26.4 Å². The summed E-state index contributed by atoms with van der Waals surface area (Å²) in [6.45, 7) is 4.79. The van der Waals surface area contributed by atoms with E-state index in [4.69, 9.17) is 4.74 Å². The Balaban J connectivity index is 1.69. The van der Waals surface area contributed by atoms with Crippen molar-refractivity contribution in [2.24, 2.45) is 0 Å². The first-order valence-electron chi connectivity index (χ1n) is 10.4. The van der Waals surface area contributed by atoms with Crippen molar-refractivity contribution in [2.75, 3.05) is 40.3 Å². The Morgan fingerprint density at radius 1 is 1.07 bits per heavy atom. The fraction of sp³-hybridized carbons (Fsp3) is 0.417. The van der Waals surface area contributed by atoms with Crippen LogP contribution >= 0.6 is 0 Å². The minimum atomic E-state index is 0.0555. The molecule has 0 atom stereocenters. The molecule has 1 heterocycles. The molecular formula is C24H31N3O3. The van der Waals surface area contributed by atoms with Crippen molar-refractivity contribution in [3.63, 3.8) is 0 Å². The number of carbonyl (C=O) groups is 2. The molecule has 0 saturated heterocycles. The molecule has 1 aliphatic rings. The molecule has 0 bridgehead atoms. The fourth-order valence-corrected chi connectivity index (χ4v) is 3.61. The van der Waals surface area contributed by atoms with E-state index in [-0.39, 0.29) is 11.8 Å². The molecule has 0 radical (unpaired) electrons. The lowest BCUT2D eigenvalue weighted by molar-refractivity contribution is -0.132. The van der Waals surface area contributed by atoms with Gasteiger partial charge in [0.25, 0.3) is 0 Å². The maximum absolute atomic E-state index is 12.5. The van der Waals surface area contributed by atoms with E-state index in [2.05, 4.69) is 18.2 Å². The maximum atomic E-state index is 12.5. The summed E-state index contributed by atoms with van der Waals surface area (Å²) < 4.78 is 5.86. The van der Waals surface area contributed by atoms with Crippen LogP contribution < -0.4 is 4.74 Å². The van der Waals surface area contributed by atoms with E-state index in [9.17, 15) is 9.59 Å². The third-order valence-corrected chi connectivity index (χ3v) is 5.24. The lowest BCUT2D eigenvalue weighted by atomic mass is 10.1. The molecule has 0 unspecified atom stereocenters. The number of amides is 2. The minimum Gasteiger partial charge on any atom is -0.491 e. The van der Waals surface area contributed by atoms with Gasteiger partial charge in [0.15, 0.2) is 0 Å². The average Bonchev–Trinajstić information content (AvgIpc) is 2.93. The van der Waals surface area contributed by atoms with Gasteiger partial charge in [-0.2, -0.15) is 0 Å². The van der Waals surface area contributed by atoms with Crippen molar-refractivity contribution in [1.29, 1.82) is 0 Å². The van der Waals surface area contributed by atoms with E-state index >= 15 is 0 Å². The minimum absolute atomic E-state index is 0.0555. The first-order valence-corrected chi connectivity index (χ1v) is 10.4. The summed E-state index contributed by atoms with van der Waals surface area (Å²) in [4.78, 5) is 30.3. The first kappa shape index (κ1) is 21.8. The Hall–Kier alpha value is -2.86. The smallest absolute Gasteiger partial charge is 0.237 e. The van der Waals surface area contributed by atoms with Gasteiger partial charge >= 0.3 is 0 Å². The van der Waals surface area contributed by atoms with Crippen LogP contribution in [0, 0.1) is 0 Å². The van der Waals surface area contributed by atoms with E-state index < -0.39 is 0 Å². The van der Waals surface area contributed by atoms with Crippen LogP contribution in [0.2, 0.25) is 0 Å². The molecule has 6 nitrogen and oxygen atoms in total. The topological polar surface area (TPSA) is 53.1 Å². The van der Waals surface area contributed by atoms with Crippen LogP contribution in [0.15, 0.2) is 48.5 Å². The van der Waals surface area contributed by atoms with Crippen LogP contribution in [0.5, 0.6) is 5.75 Å². The molecule has 6 heteroatoms. The molecular weight excluding hydrogens is 378 g/mol. The zero-order valence-electron chi connectivity index (χ0n) is 18.1. The van der Waals surface area contributed by atoms with E-state index in [1.807, 2.05) is 59.1 Å². The lowest BCUT2D eigenvalue weighted by Crippen LogP contribution is -2.38. The molecule has 0 saturated carbocycles. The average molecular weight is 410 g/mol. The second-order valence-electron chi connectivity index (χ2n) is 8.02. The summed E-state index contributed by atoms with van der Waals surface area (Å²) in [5, 5.41) is 0. The molecule has 0 aromatic heterocycles. The highest BCUT2D eigenvalue weighted by Gasteiger charge is 2.21. The number of carbonyl (C=O) groups excluding carboxylic acids is 2. The quantitative estimate of drug-likeness (QED) is 0.705. The molecule has 160 valence electrons. The van der Waals surface area contributed by atoms with Crippen LogP contribution in [-0.4, -0.2) is 66.9 Å². The Morgan fingerprint density at radius 2 is 1.83 bits per heavy atom. The number of likely N-dealkylation sites (N-methyl/N-ethyl adjacent to an activating group) is 1. The third-order valence-electron chi connectivity index (χ3n) is 5.24. The monoisotopic (exact) mass is 409 g/mol. The van der Waals surface area contributed by atoms with Gasteiger partial charge in [-0.05, 0) is 43.8 Å². The summed E-state index contributed by atoms with van der Waals surface area (Å²) in [6, 6.07) is 16.2. The van der Waals surface area contributed by atoms with Crippen LogP contribution in [0.4, 0.5) is 0 Å². The molecule has 2 aromatic rings. The second-order valence-corrected chi connectivity index (χ2v) is 8.02. The number of benzene rings is 2. The molecule has 30 heavy (non-hydrogen) atoms. The van der Waals surface area contributed by atoms with Crippen LogP contribution in [-0.2, 0) is 29.1 Å². The van der Waals surface area contributed by atoms with Gasteiger partial charge in [0.1, 0.15) is 12.4 Å². The van der Waals surface area contributed by atoms with Crippen molar-refractivity contribution >= 4 is 11.8 Å². The molecule has 2 aromatic carbocycles. The van der Waals surface area contributed by atoms with Gasteiger partial charge in [-0.3, -0.25) is 9.59 Å². The largest absolute Gasteiger partial charge is 0.491 e. The normalized spacial score (nSPS) is 13.4. The summed E-state index contributed by atoms with van der Waals surface area (Å²) in [7, 11) is 3.79. The van der Waals surface area contributed by atoms with Gasteiger partial charge in [-0.15, -0.1) is 0 Å². The molecule has 0 N–H and O–H groups in total. The predicted molar refractivity (Wildman–Crippen MR) is 117 cm³/mol. The van der Waals surface area contributed by atoms with Gasteiger partial charge in [0, 0.05) is 32.1 Å². The molecule has 0 spiro atoms. The molecule has 3 rings (SSSR count). The molecule has 1 aliphatic heterocycles. The Bertz CT molecular complexity index is 867. The standard InChI is InChI=1S/C24H31N3O3/c1-19(28)26(12-11-20-7-5-4-6-8-20)16-21-9-10-23-22(15-21)17-27(13-14-30-23)24(29)18-25(2)3/h4-10,15H,11-14,16-18H2,1-3H3. The van der Waals surface area contributed by atoms with E-state index in [1.54, 1.807) is 6.92 Å². The number of rotatable bonds is 7. The maximum Gasteiger partial charge on any atom is 0.237 e. The van der Waals surface area contributed by atoms with E-state index in [0.717, 1.165) is 23.3 Å². The predicted octanol–water partition coefficient (Wildman–Crippen LogP) is 2.56. The summed E-state index contributed by atoms with van der Waals surface area (Å²) in [6.07, 6.45) is 0.821. The Kier molecular flexibility index (Phi) is 7.46. The zero-order chi connectivity index (χ0) is 21.5. The zero-order valence-corrected chi connectivity index (χ0v) is 18.1. The molecule has 0 fully saturated rings. The van der Waals surface area contributed by atoms with Crippen molar-refractivity contribution in [3.05, 3.63) is 65.2 Å².